The lowest BCUT2D eigenvalue weighted by Gasteiger charge is -2.15. The van der Waals surface area contributed by atoms with E-state index in [2.05, 4.69) is 11.9 Å². The quantitative estimate of drug-likeness (QED) is 0.466. The number of rotatable bonds is 0. The number of hydrogen-bond acceptors (Lipinski definition) is 1. The normalized spacial score (nSPS) is 40.8. The summed E-state index contributed by atoms with van der Waals surface area (Å²) < 4.78 is 0. The Labute approximate surface area is 56.2 Å². The van der Waals surface area contributed by atoms with Crippen LogP contribution in [0.2, 0.25) is 0 Å². The van der Waals surface area contributed by atoms with Crippen molar-refractivity contribution in [2.75, 3.05) is 6.54 Å². The van der Waals surface area contributed by atoms with Crippen molar-refractivity contribution >= 4 is 5.71 Å². The van der Waals surface area contributed by atoms with E-state index in [0.29, 0.717) is 0 Å². The molecule has 0 aromatic rings. The van der Waals surface area contributed by atoms with Crippen molar-refractivity contribution in [3.05, 3.63) is 0 Å². The van der Waals surface area contributed by atoms with Crippen molar-refractivity contribution in [3.8, 4) is 0 Å². The molecule has 1 heteroatoms. The Morgan fingerprint density at radius 1 is 1.44 bits per heavy atom. The molecule has 2 bridgehead atoms. The molecule has 1 nitrogen and oxygen atoms in total. The fraction of sp³-hybridized carbons (Fsp3) is 0.875. The number of hydrogen-bond donors (Lipinski definition) is 0. The van der Waals surface area contributed by atoms with E-state index in [1.807, 2.05) is 0 Å². The predicted molar refractivity (Wildman–Crippen MR) is 38.8 cm³/mol. The molecule has 2 unspecified atom stereocenters. The molecule has 0 radical (unpaired) electrons. The summed E-state index contributed by atoms with van der Waals surface area (Å²) in [7, 11) is 0. The summed E-state index contributed by atoms with van der Waals surface area (Å²) in [5.41, 5.74) is 1.42. The van der Waals surface area contributed by atoms with Crippen molar-refractivity contribution in [3.63, 3.8) is 0 Å². The highest BCUT2D eigenvalue weighted by atomic mass is 14.8. The molecule has 2 rings (SSSR count). The van der Waals surface area contributed by atoms with Gasteiger partial charge in [0.15, 0.2) is 0 Å². The number of fused-ring (bicyclic) bond motifs is 2. The van der Waals surface area contributed by atoms with Crippen LogP contribution in [0.4, 0.5) is 0 Å². The molecule has 0 N–H and O–H groups in total. The molecule has 1 heterocycles. The monoisotopic (exact) mass is 123 g/mol. The van der Waals surface area contributed by atoms with E-state index in [1.165, 1.54) is 25.0 Å². The van der Waals surface area contributed by atoms with Crippen molar-refractivity contribution in [1.29, 1.82) is 0 Å². The van der Waals surface area contributed by atoms with Crippen LogP contribution in [0, 0.1) is 11.8 Å². The lowest BCUT2D eigenvalue weighted by Crippen LogP contribution is -2.14. The van der Waals surface area contributed by atoms with Gasteiger partial charge in [-0.25, -0.2) is 0 Å². The second-order valence-corrected chi connectivity index (χ2v) is 3.36. The topological polar surface area (TPSA) is 12.4 Å². The van der Waals surface area contributed by atoms with Gasteiger partial charge in [-0.3, -0.25) is 4.99 Å². The van der Waals surface area contributed by atoms with Gasteiger partial charge in [-0.2, -0.15) is 0 Å². The highest BCUT2D eigenvalue weighted by molar-refractivity contribution is 5.85. The predicted octanol–water partition coefficient (Wildman–Crippen LogP) is 1.88. The molecule has 0 aromatic carbocycles. The summed E-state index contributed by atoms with van der Waals surface area (Å²) in [6.45, 7) is 3.31. The Bertz CT molecular complexity index is 149. The summed E-state index contributed by atoms with van der Waals surface area (Å²) in [5.74, 6) is 1.84. The minimum absolute atomic E-state index is 0.878. The first-order valence-corrected chi connectivity index (χ1v) is 3.87. The highest BCUT2D eigenvalue weighted by Crippen LogP contribution is 2.35. The van der Waals surface area contributed by atoms with Crippen LogP contribution in [-0.2, 0) is 0 Å². The summed E-state index contributed by atoms with van der Waals surface area (Å²) in [5, 5.41) is 0. The first kappa shape index (κ1) is 5.45. The van der Waals surface area contributed by atoms with Gasteiger partial charge in [-0.05, 0) is 38.0 Å². The Morgan fingerprint density at radius 2 is 2.33 bits per heavy atom. The third-order valence-electron chi connectivity index (χ3n) is 2.73. The van der Waals surface area contributed by atoms with Gasteiger partial charge in [0, 0.05) is 12.3 Å². The number of nitrogens with zero attached hydrogens (tertiary/aromatic N) is 1. The number of aliphatic imine (C=N–C) groups is 1. The lowest BCUT2D eigenvalue weighted by molar-refractivity contribution is 0.531. The Balaban J connectivity index is 2.21. The van der Waals surface area contributed by atoms with E-state index in [4.69, 9.17) is 0 Å². The maximum absolute atomic E-state index is 4.47. The van der Waals surface area contributed by atoms with Crippen molar-refractivity contribution in [1.82, 2.24) is 0 Å². The van der Waals surface area contributed by atoms with Gasteiger partial charge >= 0.3 is 0 Å². The molecular formula is C8H13N. The Kier molecular flexibility index (Phi) is 1.11. The first-order valence-electron chi connectivity index (χ1n) is 3.87. The fourth-order valence-corrected chi connectivity index (χ4v) is 2.02. The van der Waals surface area contributed by atoms with Crippen LogP contribution in [0.3, 0.4) is 0 Å². The molecule has 2 aliphatic rings. The minimum Gasteiger partial charge on any atom is -0.294 e. The fourth-order valence-electron chi connectivity index (χ4n) is 2.02. The second kappa shape index (κ2) is 1.83. The molecule has 1 saturated carbocycles. The van der Waals surface area contributed by atoms with Crippen molar-refractivity contribution in [2.24, 2.45) is 16.8 Å². The summed E-state index contributed by atoms with van der Waals surface area (Å²) in [6, 6.07) is 0. The van der Waals surface area contributed by atoms with E-state index in [1.54, 1.807) is 0 Å². The van der Waals surface area contributed by atoms with E-state index in [9.17, 15) is 0 Å². The molecule has 0 spiro atoms. The van der Waals surface area contributed by atoms with E-state index < -0.39 is 0 Å². The van der Waals surface area contributed by atoms with E-state index >= 15 is 0 Å². The van der Waals surface area contributed by atoms with Gasteiger partial charge < -0.3 is 0 Å². The van der Waals surface area contributed by atoms with Crippen LogP contribution in [-0.4, -0.2) is 12.3 Å². The molecule has 1 fully saturated rings. The van der Waals surface area contributed by atoms with Crippen LogP contribution in [0.1, 0.15) is 26.2 Å². The van der Waals surface area contributed by atoms with E-state index in [0.717, 1.165) is 18.4 Å². The van der Waals surface area contributed by atoms with Gasteiger partial charge in [0.05, 0.1) is 0 Å². The average molecular weight is 123 g/mol. The first-order chi connectivity index (χ1) is 4.36. The van der Waals surface area contributed by atoms with Crippen LogP contribution in [0.25, 0.3) is 0 Å². The highest BCUT2D eigenvalue weighted by Gasteiger charge is 2.29. The smallest absolute Gasteiger partial charge is 0.0417 e. The van der Waals surface area contributed by atoms with Gasteiger partial charge in [0.25, 0.3) is 0 Å². The Hall–Kier alpha value is -0.330. The average Bonchev–Trinajstić information content (AvgIpc) is 2.25. The lowest BCUT2D eigenvalue weighted by atomic mass is 9.98. The van der Waals surface area contributed by atoms with E-state index in [-0.39, 0.29) is 0 Å². The Morgan fingerprint density at radius 3 is 3.11 bits per heavy atom. The van der Waals surface area contributed by atoms with Crippen LogP contribution >= 0.6 is 0 Å². The molecule has 2 atom stereocenters. The molecule has 0 aromatic heterocycles. The molecule has 50 valence electrons. The van der Waals surface area contributed by atoms with Crippen molar-refractivity contribution in [2.45, 2.75) is 26.2 Å². The zero-order valence-corrected chi connectivity index (χ0v) is 5.93. The summed E-state index contributed by atoms with van der Waals surface area (Å²) in [4.78, 5) is 4.47. The summed E-state index contributed by atoms with van der Waals surface area (Å²) >= 11 is 0. The zero-order chi connectivity index (χ0) is 6.27. The SMILES string of the molecule is CC1=NCC2CCC1C2. The maximum Gasteiger partial charge on any atom is 0.0417 e. The van der Waals surface area contributed by atoms with Gasteiger partial charge in [-0.1, -0.05) is 0 Å². The molecule has 0 amide bonds. The van der Waals surface area contributed by atoms with Crippen LogP contribution in [0.5, 0.6) is 0 Å². The molecule has 1 aliphatic heterocycles. The molecule has 0 saturated heterocycles. The van der Waals surface area contributed by atoms with Gasteiger partial charge in [0.1, 0.15) is 0 Å². The van der Waals surface area contributed by atoms with Gasteiger partial charge in [0.2, 0.25) is 0 Å². The molecular weight excluding hydrogens is 110 g/mol. The third-order valence-corrected chi connectivity index (χ3v) is 2.73. The second-order valence-electron chi connectivity index (χ2n) is 3.36. The third kappa shape index (κ3) is 0.790. The van der Waals surface area contributed by atoms with Crippen molar-refractivity contribution < 1.29 is 0 Å². The zero-order valence-electron chi connectivity index (χ0n) is 5.93. The maximum atomic E-state index is 4.47. The van der Waals surface area contributed by atoms with Crippen LogP contribution in [0.15, 0.2) is 4.99 Å². The minimum atomic E-state index is 0.878. The molecule has 1 aliphatic carbocycles. The largest absolute Gasteiger partial charge is 0.294 e. The standard InChI is InChI=1S/C8H13N/c1-6-8-3-2-7(4-8)5-9-6/h7-8H,2-5H2,1H3. The summed E-state index contributed by atoms with van der Waals surface area (Å²) in [6.07, 6.45) is 4.29. The van der Waals surface area contributed by atoms with Gasteiger partial charge in [-0.15, -0.1) is 0 Å². The van der Waals surface area contributed by atoms with Crippen LogP contribution < -0.4 is 0 Å². The molecule has 9 heavy (non-hydrogen) atoms.